The minimum atomic E-state index is -3.13. The molecule has 0 saturated heterocycles. The number of thiophene rings is 1. The van der Waals surface area contributed by atoms with Crippen molar-refractivity contribution in [1.82, 2.24) is 0 Å². The van der Waals surface area contributed by atoms with Crippen molar-refractivity contribution in [3.05, 3.63) is 17.0 Å². The molecule has 1 aromatic heterocycles. The van der Waals surface area contributed by atoms with Crippen molar-refractivity contribution in [2.45, 2.75) is 4.21 Å². The third-order valence-electron chi connectivity index (χ3n) is 1.10. The average molecular weight is 190 g/mol. The van der Waals surface area contributed by atoms with Gasteiger partial charge >= 0.3 is 0 Å². The predicted molar refractivity (Wildman–Crippen MR) is 42.8 cm³/mol. The Balaban J connectivity index is 3.18. The van der Waals surface area contributed by atoms with Crippen LogP contribution in [0.15, 0.2) is 15.7 Å². The van der Waals surface area contributed by atoms with E-state index in [2.05, 4.69) is 0 Å². The van der Waals surface area contributed by atoms with Crippen LogP contribution < -0.4 is 0 Å². The van der Waals surface area contributed by atoms with Gasteiger partial charge in [-0.2, -0.15) is 0 Å². The van der Waals surface area contributed by atoms with Gasteiger partial charge in [0.2, 0.25) is 0 Å². The molecule has 1 heterocycles. The van der Waals surface area contributed by atoms with Crippen molar-refractivity contribution in [2.24, 2.45) is 0 Å². The van der Waals surface area contributed by atoms with E-state index >= 15 is 0 Å². The van der Waals surface area contributed by atoms with E-state index in [-0.39, 0.29) is 4.21 Å². The molecule has 11 heavy (non-hydrogen) atoms. The molecule has 0 fully saturated rings. The average Bonchev–Trinajstić information content (AvgIpc) is 2.32. The third-order valence-corrected chi connectivity index (χ3v) is 3.88. The zero-order valence-corrected chi connectivity index (χ0v) is 7.41. The summed E-state index contributed by atoms with van der Waals surface area (Å²) < 4.78 is 21.9. The van der Waals surface area contributed by atoms with Crippen LogP contribution in [-0.2, 0) is 9.84 Å². The van der Waals surface area contributed by atoms with E-state index in [1.165, 1.54) is 11.4 Å². The summed E-state index contributed by atoms with van der Waals surface area (Å²) in [5.41, 5.74) is 0.412. The highest BCUT2D eigenvalue weighted by Gasteiger charge is 2.09. The number of rotatable bonds is 2. The molecule has 0 saturated carbocycles. The number of carbonyl (C=O) groups is 1. The van der Waals surface area contributed by atoms with Crippen LogP contribution in [0.2, 0.25) is 0 Å². The first-order valence-corrected chi connectivity index (χ1v) is 5.55. The van der Waals surface area contributed by atoms with E-state index in [4.69, 9.17) is 0 Å². The fourth-order valence-corrected chi connectivity index (χ4v) is 2.36. The lowest BCUT2D eigenvalue weighted by atomic mass is 10.4. The smallest absolute Gasteiger partial charge is 0.184 e. The highest BCUT2D eigenvalue weighted by molar-refractivity contribution is 7.92. The first-order chi connectivity index (χ1) is 5.04. The largest absolute Gasteiger partial charge is 0.298 e. The Morgan fingerprint density at radius 2 is 2.18 bits per heavy atom. The molecule has 0 radical (unpaired) electrons. The number of sulfone groups is 1. The van der Waals surface area contributed by atoms with Crippen LogP contribution in [0.1, 0.15) is 10.4 Å². The summed E-state index contributed by atoms with van der Waals surface area (Å²) in [6.07, 6.45) is 1.75. The van der Waals surface area contributed by atoms with Gasteiger partial charge in [-0.3, -0.25) is 4.79 Å². The molecular weight excluding hydrogens is 184 g/mol. The lowest BCUT2D eigenvalue weighted by Gasteiger charge is -1.86. The zero-order chi connectivity index (χ0) is 8.48. The summed E-state index contributed by atoms with van der Waals surface area (Å²) in [5, 5.41) is 1.52. The van der Waals surface area contributed by atoms with Gasteiger partial charge in [-0.25, -0.2) is 8.42 Å². The van der Waals surface area contributed by atoms with Crippen LogP contribution >= 0.6 is 11.3 Å². The Morgan fingerprint density at radius 1 is 1.55 bits per heavy atom. The molecule has 3 nitrogen and oxygen atoms in total. The standard InChI is InChI=1S/C6H6O3S2/c1-11(8,9)6-2-5(3-7)4-10-6/h2-4H,1H3. The third kappa shape index (κ3) is 1.87. The first-order valence-electron chi connectivity index (χ1n) is 2.78. The fraction of sp³-hybridized carbons (Fsp3) is 0.167. The minimum Gasteiger partial charge on any atom is -0.298 e. The second-order valence-electron chi connectivity index (χ2n) is 2.09. The van der Waals surface area contributed by atoms with E-state index in [0.29, 0.717) is 11.8 Å². The molecular formula is C6H6O3S2. The zero-order valence-electron chi connectivity index (χ0n) is 5.77. The molecule has 0 aliphatic heterocycles. The molecule has 1 aromatic rings. The van der Waals surface area contributed by atoms with Crippen molar-refractivity contribution < 1.29 is 13.2 Å². The highest BCUT2D eigenvalue weighted by Crippen LogP contribution is 2.18. The van der Waals surface area contributed by atoms with Crippen LogP contribution in [0.5, 0.6) is 0 Å². The first kappa shape index (κ1) is 8.42. The number of aldehydes is 1. The molecule has 0 amide bonds. The monoisotopic (exact) mass is 190 g/mol. The molecule has 5 heteroatoms. The van der Waals surface area contributed by atoms with Gasteiger partial charge in [0.25, 0.3) is 0 Å². The summed E-state index contributed by atoms with van der Waals surface area (Å²) in [5.74, 6) is 0. The Kier molecular flexibility index (Phi) is 2.10. The Labute approximate surface area is 68.6 Å². The normalized spacial score (nSPS) is 11.4. The Hall–Kier alpha value is -0.680. The molecule has 0 aliphatic rings. The fourth-order valence-electron chi connectivity index (χ4n) is 0.586. The van der Waals surface area contributed by atoms with Crippen molar-refractivity contribution in [1.29, 1.82) is 0 Å². The summed E-state index contributed by atoms with van der Waals surface area (Å²) in [7, 11) is -3.13. The van der Waals surface area contributed by atoms with Crippen molar-refractivity contribution in [3.63, 3.8) is 0 Å². The van der Waals surface area contributed by atoms with E-state index in [1.54, 1.807) is 0 Å². The Bertz CT molecular complexity index is 361. The van der Waals surface area contributed by atoms with Gasteiger partial charge in [0.05, 0.1) is 0 Å². The van der Waals surface area contributed by atoms with Crippen LogP contribution in [-0.4, -0.2) is 21.0 Å². The summed E-state index contributed by atoms with van der Waals surface area (Å²) in [6, 6.07) is 1.37. The van der Waals surface area contributed by atoms with Gasteiger partial charge in [-0.15, -0.1) is 11.3 Å². The SMILES string of the molecule is CS(=O)(=O)c1cc(C=O)cs1. The van der Waals surface area contributed by atoms with Gasteiger partial charge in [0.1, 0.15) is 4.21 Å². The maximum absolute atomic E-state index is 10.9. The van der Waals surface area contributed by atoms with E-state index in [0.717, 1.165) is 17.6 Å². The predicted octanol–water partition coefficient (Wildman–Crippen LogP) is 0.964. The van der Waals surface area contributed by atoms with E-state index in [1.807, 2.05) is 0 Å². The van der Waals surface area contributed by atoms with Gasteiger partial charge in [0.15, 0.2) is 16.1 Å². The van der Waals surface area contributed by atoms with Crippen LogP contribution in [0.25, 0.3) is 0 Å². The molecule has 0 aromatic carbocycles. The summed E-state index contributed by atoms with van der Waals surface area (Å²) >= 11 is 1.06. The molecule has 0 spiro atoms. The lowest BCUT2D eigenvalue weighted by Crippen LogP contribution is -1.92. The van der Waals surface area contributed by atoms with Crippen LogP contribution in [0.3, 0.4) is 0 Å². The van der Waals surface area contributed by atoms with Gasteiger partial charge in [-0.1, -0.05) is 0 Å². The second kappa shape index (κ2) is 2.75. The molecule has 0 atom stereocenters. The number of carbonyl (C=O) groups excluding carboxylic acids is 1. The topological polar surface area (TPSA) is 51.2 Å². The maximum atomic E-state index is 10.9. The Morgan fingerprint density at radius 3 is 2.45 bits per heavy atom. The van der Waals surface area contributed by atoms with Crippen molar-refractivity contribution in [3.8, 4) is 0 Å². The molecule has 0 aliphatic carbocycles. The molecule has 0 bridgehead atoms. The number of hydrogen-bond donors (Lipinski definition) is 0. The minimum absolute atomic E-state index is 0.236. The van der Waals surface area contributed by atoms with Gasteiger partial charge in [0, 0.05) is 17.2 Å². The number of hydrogen-bond acceptors (Lipinski definition) is 4. The summed E-state index contributed by atoms with van der Waals surface area (Å²) in [4.78, 5) is 10.2. The van der Waals surface area contributed by atoms with Crippen LogP contribution in [0.4, 0.5) is 0 Å². The molecule has 0 unspecified atom stereocenters. The second-order valence-corrected chi connectivity index (χ2v) is 5.24. The van der Waals surface area contributed by atoms with Crippen molar-refractivity contribution >= 4 is 27.5 Å². The lowest BCUT2D eigenvalue weighted by molar-refractivity contribution is 0.112. The van der Waals surface area contributed by atoms with E-state index < -0.39 is 9.84 Å². The van der Waals surface area contributed by atoms with Crippen LogP contribution in [0, 0.1) is 0 Å². The maximum Gasteiger partial charge on any atom is 0.184 e. The quantitative estimate of drug-likeness (QED) is 0.653. The van der Waals surface area contributed by atoms with Crippen molar-refractivity contribution in [2.75, 3.05) is 6.26 Å². The molecule has 60 valence electrons. The van der Waals surface area contributed by atoms with Gasteiger partial charge < -0.3 is 0 Å². The molecule has 0 N–H and O–H groups in total. The summed E-state index contributed by atoms with van der Waals surface area (Å²) in [6.45, 7) is 0. The highest BCUT2D eigenvalue weighted by atomic mass is 32.2. The molecule has 1 rings (SSSR count). The van der Waals surface area contributed by atoms with Gasteiger partial charge in [-0.05, 0) is 6.07 Å². The van der Waals surface area contributed by atoms with E-state index in [9.17, 15) is 13.2 Å².